The molecule has 1 saturated heterocycles. The molecule has 1 aliphatic heterocycles. The van der Waals surface area contributed by atoms with Gasteiger partial charge in [0, 0.05) is 19.1 Å². The lowest BCUT2D eigenvalue weighted by Gasteiger charge is -2.34. The highest BCUT2D eigenvalue weighted by Gasteiger charge is 2.23. The van der Waals surface area contributed by atoms with Crippen molar-refractivity contribution in [1.29, 1.82) is 0 Å². The number of benzene rings is 1. The van der Waals surface area contributed by atoms with Gasteiger partial charge in [0.1, 0.15) is 0 Å². The molecule has 0 saturated carbocycles. The van der Waals surface area contributed by atoms with Gasteiger partial charge in [-0.1, -0.05) is 6.92 Å². The molecule has 0 aliphatic carbocycles. The summed E-state index contributed by atoms with van der Waals surface area (Å²) in [6, 6.07) is 2.73. The predicted molar refractivity (Wildman–Crippen MR) is 69.8 cm³/mol. The zero-order chi connectivity index (χ0) is 13.8. The Morgan fingerprint density at radius 1 is 1.16 bits per heavy atom. The maximum Gasteiger partial charge on any atom is 0.196 e. The van der Waals surface area contributed by atoms with E-state index in [-0.39, 0.29) is 5.69 Å². The normalized spacial score (nSPS) is 16.9. The number of nitrogens with one attached hydrogen (secondary N) is 1. The van der Waals surface area contributed by atoms with Crippen LogP contribution in [0.1, 0.15) is 26.2 Å². The Morgan fingerprint density at radius 2 is 1.84 bits per heavy atom. The van der Waals surface area contributed by atoms with Gasteiger partial charge < -0.3 is 10.2 Å². The number of hydrogen-bond donors (Lipinski definition) is 1. The first kappa shape index (κ1) is 14.2. The quantitative estimate of drug-likeness (QED) is 0.847. The van der Waals surface area contributed by atoms with Crippen molar-refractivity contribution in [2.24, 2.45) is 0 Å². The Morgan fingerprint density at radius 3 is 2.47 bits per heavy atom. The highest BCUT2D eigenvalue weighted by atomic mass is 19.2. The second-order valence-corrected chi connectivity index (χ2v) is 4.91. The van der Waals surface area contributed by atoms with Gasteiger partial charge in [0.15, 0.2) is 17.5 Å². The molecule has 2 nitrogen and oxygen atoms in total. The third-order valence-electron chi connectivity index (χ3n) is 3.53. The minimum Gasteiger partial charge on any atom is -0.369 e. The second-order valence-electron chi connectivity index (χ2n) is 4.91. The van der Waals surface area contributed by atoms with Crippen LogP contribution in [0.25, 0.3) is 0 Å². The highest BCUT2D eigenvalue weighted by molar-refractivity contribution is 5.48. The maximum absolute atomic E-state index is 13.7. The fourth-order valence-electron chi connectivity index (χ4n) is 2.43. The van der Waals surface area contributed by atoms with Crippen molar-refractivity contribution in [3.63, 3.8) is 0 Å². The number of hydrogen-bond acceptors (Lipinski definition) is 2. The van der Waals surface area contributed by atoms with Crippen LogP contribution in [0.2, 0.25) is 0 Å². The van der Waals surface area contributed by atoms with Gasteiger partial charge in [-0.3, -0.25) is 0 Å². The van der Waals surface area contributed by atoms with Crippen molar-refractivity contribution in [2.45, 2.75) is 32.2 Å². The smallest absolute Gasteiger partial charge is 0.196 e. The maximum atomic E-state index is 13.7. The number of piperidine rings is 1. The zero-order valence-electron chi connectivity index (χ0n) is 11.1. The molecule has 0 unspecified atom stereocenters. The molecule has 0 amide bonds. The molecule has 5 heteroatoms. The first-order valence-corrected chi connectivity index (χ1v) is 6.75. The summed E-state index contributed by atoms with van der Waals surface area (Å²) in [4.78, 5) is 1.78. The molecule has 106 valence electrons. The van der Waals surface area contributed by atoms with Crippen LogP contribution in [0.5, 0.6) is 0 Å². The molecule has 1 aromatic rings. The van der Waals surface area contributed by atoms with E-state index in [0.29, 0.717) is 19.1 Å². The molecule has 1 fully saturated rings. The Balaban J connectivity index is 2.00. The molecule has 19 heavy (non-hydrogen) atoms. The summed E-state index contributed by atoms with van der Waals surface area (Å²) >= 11 is 0. The Labute approximate surface area is 111 Å². The van der Waals surface area contributed by atoms with Crippen LogP contribution in [0.4, 0.5) is 18.9 Å². The van der Waals surface area contributed by atoms with E-state index in [2.05, 4.69) is 12.2 Å². The summed E-state index contributed by atoms with van der Waals surface area (Å²) in [7, 11) is 0. The fraction of sp³-hybridized carbons (Fsp3) is 0.571. The predicted octanol–water partition coefficient (Wildman–Crippen LogP) is 3.07. The summed E-state index contributed by atoms with van der Waals surface area (Å²) in [5.74, 6) is -3.61. The van der Waals surface area contributed by atoms with Crippen molar-refractivity contribution in [2.75, 3.05) is 24.5 Å². The molecule has 0 bridgehead atoms. The van der Waals surface area contributed by atoms with Crippen LogP contribution in [0, 0.1) is 17.5 Å². The third-order valence-corrected chi connectivity index (χ3v) is 3.53. The Bertz CT molecular complexity index is 429. The van der Waals surface area contributed by atoms with Crippen molar-refractivity contribution in [3.05, 3.63) is 29.6 Å². The average molecular weight is 272 g/mol. The molecule has 1 aliphatic rings. The molecule has 0 radical (unpaired) electrons. The summed E-state index contributed by atoms with van der Waals surface area (Å²) in [5.41, 5.74) is 0.160. The SMILES string of the molecule is CCCNC1CCN(c2ccc(F)c(F)c2F)CC1. The van der Waals surface area contributed by atoms with Gasteiger partial charge in [-0.25, -0.2) is 13.2 Å². The van der Waals surface area contributed by atoms with E-state index in [1.807, 2.05) is 0 Å². The largest absolute Gasteiger partial charge is 0.369 e. The van der Waals surface area contributed by atoms with Gasteiger partial charge in [0.2, 0.25) is 0 Å². The topological polar surface area (TPSA) is 15.3 Å². The molecule has 1 N–H and O–H groups in total. The van der Waals surface area contributed by atoms with E-state index < -0.39 is 17.5 Å². The lowest BCUT2D eigenvalue weighted by atomic mass is 10.0. The highest BCUT2D eigenvalue weighted by Crippen LogP contribution is 2.26. The molecule has 0 aromatic heterocycles. The van der Waals surface area contributed by atoms with Gasteiger partial charge in [-0.05, 0) is 37.9 Å². The van der Waals surface area contributed by atoms with Crippen molar-refractivity contribution >= 4 is 5.69 Å². The van der Waals surface area contributed by atoms with Gasteiger partial charge in [0.25, 0.3) is 0 Å². The first-order chi connectivity index (χ1) is 9.13. The number of anilines is 1. The standard InChI is InChI=1S/C14H19F3N2/c1-2-7-18-10-5-8-19(9-6-10)12-4-3-11(15)13(16)14(12)17/h3-4,10,18H,2,5-9H2,1H3. The second kappa shape index (κ2) is 6.28. The van der Waals surface area contributed by atoms with E-state index in [4.69, 9.17) is 0 Å². The molecular formula is C14H19F3N2. The molecule has 0 atom stereocenters. The van der Waals surface area contributed by atoms with Crippen LogP contribution in [0.3, 0.4) is 0 Å². The minimum atomic E-state index is -1.39. The average Bonchev–Trinajstić information content (AvgIpc) is 2.44. The van der Waals surface area contributed by atoms with Crippen LogP contribution >= 0.6 is 0 Å². The minimum absolute atomic E-state index is 0.160. The molecule has 1 heterocycles. The van der Waals surface area contributed by atoms with Crippen LogP contribution in [0.15, 0.2) is 12.1 Å². The Hall–Kier alpha value is -1.23. The number of halogens is 3. The van der Waals surface area contributed by atoms with Crippen LogP contribution in [-0.2, 0) is 0 Å². The van der Waals surface area contributed by atoms with Gasteiger partial charge in [-0.15, -0.1) is 0 Å². The zero-order valence-corrected chi connectivity index (χ0v) is 11.1. The lowest BCUT2D eigenvalue weighted by Crippen LogP contribution is -2.43. The van der Waals surface area contributed by atoms with Crippen LogP contribution in [-0.4, -0.2) is 25.7 Å². The van der Waals surface area contributed by atoms with E-state index in [0.717, 1.165) is 31.9 Å². The van der Waals surface area contributed by atoms with Crippen molar-refractivity contribution < 1.29 is 13.2 Å². The van der Waals surface area contributed by atoms with Crippen molar-refractivity contribution in [1.82, 2.24) is 5.32 Å². The molecule has 0 spiro atoms. The first-order valence-electron chi connectivity index (χ1n) is 6.75. The summed E-state index contributed by atoms with van der Waals surface area (Å²) < 4.78 is 39.8. The van der Waals surface area contributed by atoms with E-state index in [1.54, 1.807) is 4.90 Å². The summed E-state index contributed by atoms with van der Waals surface area (Å²) in [6.07, 6.45) is 2.86. The monoisotopic (exact) mass is 272 g/mol. The molecule has 2 rings (SSSR count). The van der Waals surface area contributed by atoms with Gasteiger partial charge >= 0.3 is 0 Å². The lowest BCUT2D eigenvalue weighted by molar-refractivity contribution is 0.407. The molecule has 1 aromatic carbocycles. The van der Waals surface area contributed by atoms with Crippen molar-refractivity contribution in [3.8, 4) is 0 Å². The summed E-state index contributed by atoms with van der Waals surface area (Å²) in [6.45, 7) is 4.40. The molecular weight excluding hydrogens is 253 g/mol. The van der Waals surface area contributed by atoms with E-state index >= 15 is 0 Å². The number of rotatable bonds is 4. The van der Waals surface area contributed by atoms with Gasteiger partial charge in [-0.2, -0.15) is 0 Å². The van der Waals surface area contributed by atoms with Crippen LogP contribution < -0.4 is 10.2 Å². The summed E-state index contributed by atoms with van der Waals surface area (Å²) in [5, 5.41) is 3.42. The van der Waals surface area contributed by atoms with E-state index in [1.165, 1.54) is 6.07 Å². The van der Waals surface area contributed by atoms with Gasteiger partial charge in [0.05, 0.1) is 5.69 Å². The van der Waals surface area contributed by atoms with E-state index in [9.17, 15) is 13.2 Å². The number of nitrogens with zero attached hydrogens (tertiary/aromatic N) is 1. The Kier molecular flexibility index (Phi) is 4.69. The third kappa shape index (κ3) is 3.21. The fourth-order valence-corrected chi connectivity index (χ4v) is 2.43.